The molecule has 0 radical (unpaired) electrons. The lowest BCUT2D eigenvalue weighted by Gasteiger charge is -2.24. The van der Waals surface area contributed by atoms with Gasteiger partial charge in [0.05, 0.1) is 33.4 Å². The minimum atomic E-state index is -1.02. The van der Waals surface area contributed by atoms with E-state index >= 15 is 0 Å². The summed E-state index contributed by atoms with van der Waals surface area (Å²) in [6, 6.07) is 6.99. The van der Waals surface area contributed by atoms with Crippen LogP contribution in [-0.4, -0.2) is 53.8 Å². The Balaban J connectivity index is 1.62. The first-order valence-corrected chi connectivity index (χ1v) is 11.9. The molecule has 0 unspecified atom stereocenters. The highest BCUT2D eigenvalue weighted by Gasteiger charge is 2.40. The first kappa shape index (κ1) is 24.7. The van der Waals surface area contributed by atoms with Crippen LogP contribution in [0.3, 0.4) is 0 Å². The minimum absolute atomic E-state index is 0.140. The summed E-state index contributed by atoms with van der Waals surface area (Å²) in [5.74, 6) is -8.19. The fourth-order valence-corrected chi connectivity index (χ4v) is 5.53. The molecular formula is C30H18O10. The summed E-state index contributed by atoms with van der Waals surface area (Å²) < 4.78 is 0. The Hall–Kier alpha value is -5.64. The van der Waals surface area contributed by atoms with Gasteiger partial charge in [0.2, 0.25) is 11.6 Å². The average molecular weight is 538 g/mol. The zero-order valence-electron chi connectivity index (χ0n) is 20.8. The second-order valence-corrected chi connectivity index (χ2v) is 9.81. The summed E-state index contributed by atoms with van der Waals surface area (Å²) in [5.41, 5.74) is -3.47. The van der Waals surface area contributed by atoms with E-state index in [1.165, 1.54) is 24.3 Å². The third-order valence-electron chi connectivity index (χ3n) is 7.22. The van der Waals surface area contributed by atoms with Crippen molar-refractivity contribution in [2.24, 2.45) is 0 Å². The number of hydrogen-bond donors (Lipinski definition) is 6. The smallest absolute Gasteiger partial charge is 0.201 e. The maximum atomic E-state index is 13.4. The summed E-state index contributed by atoms with van der Waals surface area (Å²) in [5, 5.41) is 65.0. The normalized spacial score (nSPS) is 13.6. The summed E-state index contributed by atoms with van der Waals surface area (Å²) in [7, 11) is 0. The van der Waals surface area contributed by atoms with E-state index in [1.54, 1.807) is 13.8 Å². The molecule has 0 aromatic heterocycles. The molecule has 0 saturated heterocycles. The first-order chi connectivity index (χ1) is 18.8. The molecule has 0 heterocycles. The largest absolute Gasteiger partial charge is 0.507 e. The Morgan fingerprint density at radius 3 is 1.02 bits per heavy atom. The predicted molar refractivity (Wildman–Crippen MR) is 138 cm³/mol. The number of fused-ring (bicyclic) bond motifs is 4. The Morgan fingerprint density at radius 2 is 0.675 bits per heavy atom. The molecule has 6 N–H and O–H groups in total. The maximum absolute atomic E-state index is 13.4. The Kier molecular flexibility index (Phi) is 4.90. The zero-order chi connectivity index (χ0) is 28.9. The number of aryl methyl sites for hydroxylation is 2. The maximum Gasteiger partial charge on any atom is 0.201 e. The van der Waals surface area contributed by atoms with Gasteiger partial charge in [-0.1, -0.05) is 0 Å². The van der Waals surface area contributed by atoms with Crippen LogP contribution in [0.4, 0.5) is 0 Å². The second kappa shape index (κ2) is 7.93. The van der Waals surface area contributed by atoms with E-state index in [0.29, 0.717) is 11.1 Å². The lowest BCUT2D eigenvalue weighted by atomic mass is 9.78. The summed E-state index contributed by atoms with van der Waals surface area (Å²) >= 11 is 0. The fraction of sp³-hybridized carbons (Fsp3) is 0.0667. The minimum Gasteiger partial charge on any atom is -0.507 e. The number of benzene rings is 4. The quantitative estimate of drug-likeness (QED) is 0.180. The number of ketones is 4. The zero-order valence-corrected chi connectivity index (χ0v) is 20.8. The summed E-state index contributed by atoms with van der Waals surface area (Å²) in [4.78, 5) is 53.2. The SMILES string of the molecule is Cc1cc(O)c2c(c1)C(=O)c1cc(O)c(-c3c(O)cc4c(c3O)C(=O)c3c(O)cc(C)cc3C4=O)c(O)c1C2=O. The van der Waals surface area contributed by atoms with Crippen molar-refractivity contribution in [1.82, 2.24) is 0 Å². The van der Waals surface area contributed by atoms with Crippen LogP contribution in [0.25, 0.3) is 11.1 Å². The molecule has 0 amide bonds. The fourth-order valence-electron chi connectivity index (χ4n) is 5.53. The van der Waals surface area contributed by atoms with Crippen LogP contribution in [0.15, 0.2) is 36.4 Å². The van der Waals surface area contributed by atoms with E-state index in [4.69, 9.17) is 0 Å². The molecule has 40 heavy (non-hydrogen) atoms. The van der Waals surface area contributed by atoms with Crippen LogP contribution in [0.1, 0.15) is 74.8 Å². The molecule has 4 aromatic carbocycles. The van der Waals surface area contributed by atoms with Gasteiger partial charge >= 0.3 is 0 Å². The van der Waals surface area contributed by atoms with Gasteiger partial charge in [-0.15, -0.1) is 0 Å². The van der Waals surface area contributed by atoms with Gasteiger partial charge in [0, 0.05) is 22.3 Å². The number of rotatable bonds is 1. The molecule has 10 nitrogen and oxygen atoms in total. The summed E-state index contributed by atoms with van der Waals surface area (Å²) in [6.45, 7) is 3.19. The number of phenols is 6. The highest BCUT2D eigenvalue weighted by atomic mass is 16.3. The molecule has 0 saturated carbocycles. The molecule has 2 aliphatic rings. The van der Waals surface area contributed by atoms with Gasteiger partial charge in [0.15, 0.2) is 11.6 Å². The van der Waals surface area contributed by atoms with E-state index in [0.717, 1.165) is 12.1 Å². The molecule has 2 aliphatic carbocycles. The molecule has 0 atom stereocenters. The number of aromatic hydroxyl groups is 6. The lowest BCUT2D eigenvalue weighted by Crippen LogP contribution is -2.22. The molecule has 0 fully saturated rings. The van der Waals surface area contributed by atoms with E-state index in [9.17, 15) is 49.8 Å². The van der Waals surface area contributed by atoms with E-state index in [-0.39, 0.29) is 22.3 Å². The van der Waals surface area contributed by atoms with Gasteiger partial charge in [-0.2, -0.15) is 0 Å². The molecule has 4 aromatic rings. The molecule has 0 aliphatic heterocycles. The average Bonchev–Trinajstić information content (AvgIpc) is 2.86. The predicted octanol–water partition coefficient (Wildman–Crippen LogP) is 3.75. The Labute approximate surface area is 224 Å². The van der Waals surface area contributed by atoms with Crippen molar-refractivity contribution in [2.75, 3.05) is 0 Å². The van der Waals surface area contributed by atoms with Gasteiger partial charge in [-0.25, -0.2) is 0 Å². The molecule has 6 rings (SSSR count). The van der Waals surface area contributed by atoms with Crippen LogP contribution in [0.2, 0.25) is 0 Å². The van der Waals surface area contributed by atoms with Crippen LogP contribution in [-0.2, 0) is 0 Å². The van der Waals surface area contributed by atoms with Crippen LogP contribution >= 0.6 is 0 Å². The Bertz CT molecular complexity index is 1810. The summed E-state index contributed by atoms with van der Waals surface area (Å²) in [6.07, 6.45) is 0. The molecule has 198 valence electrons. The Morgan fingerprint density at radius 1 is 0.375 bits per heavy atom. The number of phenolic OH excluding ortho intramolecular Hbond substituents is 6. The molecule has 0 spiro atoms. The van der Waals surface area contributed by atoms with E-state index in [1.807, 2.05) is 0 Å². The van der Waals surface area contributed by atoms with Crippen molar-refractivity contribution >= 4 is 23.1 Å². The third-order valence-corrected chi connectivity index (χ3v) is 7.22. The monoisotopic (exact) mass is 538 g/mol. The number of carbonyl (C=O) groups is 4. The standard InChI is InChI=1S/C30H18O10/c1-9-3-11-19(15(31)5-9)27(37)21-13(25(11)35)7-17(33)23(29(21)39)24-18(34)8-14-22(30(24)40)28(38)20-12(26(14)36)4-10(2)6-16(20)32/h3-8,31-34,39-40H,1-2H3. The van der Waals surface area contributed by atoms with Gasteiger partial charge in [0.1, 0.15) is 34.5 Å². The van der Waals surface area contributed by atoms with Crippen LogP contribution in [0, 0.1) is 13.8 Å². The van der Waals surface area contributed by atoms with Gasteiger partial charge in [0.25, 0.3) is 0 Å². The third kappa shape index (κ3) is 3.04. The number of carbonyl (C=O) groups excluding carboxylic acids is 4. The molecule has 0 bridgehead atoms. The van der Waals surface area contributed by atoms with Crippen LogP contribution < -0.4 is 0 Å². The molecule has 10 heteroatoms. The van der Waals surface area contributed by atoms with Crippen molar-refractivity contribution in [1.29, 1.82) is 0 Å². The van der Waals surface area contributed by atoms with Gasteiger partial charge in [-0.3, -0.25) is 19.2 Å². The first-order valence-electron chi connectivity index (χ1n) is 11.9. The molecular weight excluding hydrogens is 520 g/mol. The van der Waals surface area contributed by atoms with Crippen molar-refractivity contribution in [3.8, 4) is 45.6 Å². The van der Waals surface area contributed by atoms with Gasteiger partial charge in [-0.05, 0) is 61.4 Å². The van der Waals surface area contributed by atoms with Crippen molar-refractivity contribution in [3.63, 3.8) is 0 Å². The van der Waals surface area contributed by atoms with Gasteiger partial charge < -0.3 is 30.6 Å². The van der Waals surface area contributed by atoms with Crippen molar-refractivity contribution in [3.05, 3.63) is 92.0 Å². The number of hydrogen-bond acceptors (Lipinski definition) is 10. The van der Waals surface area contributed by atoms with Crippen LogP contribution in [0.5, 0.6) is 34.5 Å². The van der Waals surface area contributed by atoms with Crippen molar-refractivity contribution in [2.45, 2.75) is 13.8 Å². The van der Waals surface area contributed by atoms with E-state index in [2.05, 4.69) is 0 Å². The highest BCUT2D eigenvalue weighted by molar-refractivity contribution is 6.32. The van der Waals surface area contributed by atoms with Crippen molar-refractivity contribution < 1.29 is 49.8 Å². The lowest BCUT2D eigenvalue weighted by molar-refractivity contribution is 0.0973. The van der Waals surface area contributed by atoms with E-state index < -0.39 is 91.0 Å². The second-order valence-electron chi connectivity index (χ2n) is 9.81. The highest BCUT2D eigenvalue weighted by Crippen LogP contribution is 2.53. The topological polar surface area (TPSA) is 190 Å².